The second kappa shape index (κ2) is 8.87. The summed E-state index contributed by atoms with van der Waals surface area (Å²) in [6.45, 7) is 4.15. The van der Waals surface area contributed by atoms with Gasteiger partial charge in [0.05, 0.1) is 24.0 Å². The Morgan fingerprint density at radius 3 is 2.79 bits per heavy atom. The van der Waals surface area contributed by atoms with Crippen molar-refractivity contribution < 1.29 is 9.59 Å². The van der Waals surface area contributed by atoms with Crippen LogP contribution in [0.15, 0.2) is 71.2 Å². The zero-order valence-corrected chi connectivity index (χ0v) is 19.7. The zero-order valence-electron chi connectivity index (χ0n) is 18.9. The van der Waals surface area contributed by atoms with E-state index in [9.17, 15) is 9.59 Å². The summed E-state index contributed by atoms with van der Waals surface area (Å²) in [5.41, 5.74) is 6.57. The van der Waals surface area contributed by atoms with Crippen molar-refractivity contribution in [2.75, 3.05) is 22.1 Å². The van der Waals surface area contributed by atoms with Crippen molar-refractivity contribution in [1.82, 2.24) is 0 Å². The summed E-state index contributed by atoms with van der Waals surface area (Å²) in [5.74, 6) is 0.0576. The van der Waals surface area contributed by atoms with E-state index >= 15 is 0 Å². The number of nitrogens with zero attached hydrogens (tertiary/aromatic N) is 1. The van der Waals surface area contributed by atoms with E-state index in [2.05, 4.69) is 21.6 Å². The van der Waals surface area contributed by atoms with Crippen LogP contribution in [0.25, 0.3) is 0 Å². The van der Waals surface area contributed by atoms with Crippen LogP contribution in [0.5, 0.6) is 0 Å². The molecule has 1 aliphatic heterocycles. The fraction of sp³-hybridized carbons (Fsp3) is 0.259. The molecule has 2 heterocycles. The van der Waals surface area contributed by atoms with Crippen LogP contribution in [0.2, 0.25) is 0 Å². The van der Waals surface area contributed by atoms with Crippen molar-refractivity contribution in [2.45, 2.75) is 39.2 Å². The highest BCUT2D eigenvalue weighted by Crippen LogP contribution is 2.45. The molecule has 5 rings (SSSR count). The number of carbonyl (C=O) groups is 2. The Labute approximate surface area is 198 Å². The zero-order chi connectivity index (χ0) is 22.9. The maximum Gasteiger partial charge on any atom is 0.243 e. The molecule has 2 N–H and O–H groups in total. The lowest BCUT2D eigenvalue weighted by atomic mass is 9.88. The third-order valence-corrected chi connectivity index (χ3v) is 7.26. The molecule has 0 bridgehead atoms. The first-order chi connectivity index (χ1) is 16.0. The third-order valence-electron chi connectivity index (χ3n) is 6.33. The molecule has 0 saturated carbocycles. The quantitative estimate of drug-likeness (QED) is 0.506. The number of thiophene rings is 1. The molecule has 6 heteroatoms. The number of para-hydroxylation sites is 2. The first-order valence-corrected chi connectivity index (χ1v) is 12.2. The molecule has 3 aromatic rings. The van der Waals surface area contributed by atoms with E-state index in [0.717, 1.165) is 57.2 Å². The highest BCUT2D eigenvalue weighted by atomic mass is 32.1. The van der Waals surface area contributed by atoms with Gasteiger partial charge in [-0.25, -0.2) is 0 Å². The standard InChI is InChI=1S/C27H27N3O2S/c1-17-12-13-18(2)21(15-17)29-25(32)16-30-22-9-4-3-7-19(22)28-20-8-5-10-23(31)26(20)27(30)24-11-6-14-33-24/h3-4,6-7,9,11-15,27-28H,5,8,10,16H2,1-2H3,(H,29,32)/t27-/m1/s1. The normalized spacial score (nSPS) is 17.7. The smallest absolute Gasteiger partial charge is 0.243 e. The molecule has 2 aromatic carbocycles. The molecule has 5 nitrogen and oxygen atoms in total. The Hall–Kier alpha value is -3.38. The van der Waals surface area contributed by atoms with Gasteiger partial charge < -0.3 is 15.5 Å². The van der Waals surface area contributed by atoms with Gasteiger partial charge in [0, 0.05) is 28.3 Å². The molecule has 1 aromatic heterocycles. The second-order valence-electron chi connectivity index (χ2n) is 8.72. The van der Waals surface area contributed by atoms with Crippen molar-refractivity contribution in [3.63, 3.8) is 0 Å². The molecule has 33 heavy (non-hydrogen) atoms. The third kappa shape index (κ3) is 4.18. The number of amides is 1. The lowest BCUT2D eigenvalue weighted by molar-refractivity contribution is -0.117. The molecule has 1 aliphatic carbocycles. The number of carbonyl (C=O) groups excluding carboxylic acids is 2. The van der Waals surface area contributed by atoms with Crippen LogP contribution in [0.4, 0.5) is 17.1 Å². The van der Waals surface area contributed by atoms with Gasteiger partial charge in [-0.1, -0.05) is 30.3 Å². The van der Waals surface area contributed by atoms with Crippen LogP contribution in [0.3, 0.4) is 0 Å². The molecule has 0 radical (unpaired) electrons. The van der Waals surface area contributed by atoms with Crippen LogP contribution in [0.1, 0.15) is 41.3 Å². The summed E-state index contributed by atoms with van der Waals surface area (Å²) in [6, 6.07) is 17.8. The summed E-state index contributed by atoms with van der Waals surface area (Å²) in [6.07, 6.45) is 2.22. The molecule has 1 atom stereocenters. The molecule has 0 fully saturated rings. The average Bonchev–Trinajstić information content (AvgIpc) is 3.28. The number of anilines is 3. The van der Waals surface area contributed by atoms with Gasteiger partial charge >= 0.3 is 0 Å². The van der Waals surface area contributed by atoms with Crippen molar-refractivity contribution in [3.8, 4) is 0 Å². The SMILES string of the molecule is Cc1ccc(C)c(NC(=O)CN2c3ccccc3NC3=C(C(=O)CCC3)[C@H]2c2cccs2)c1. The van der Waals surface area contributed by atoms with Gasteiger partial charge in [0.1, 0.15) is 0 Å². The van der Waals surface area contributed by atoms with Gasteiger partial charge in [-0.15, -0.1) is 11.3 Å². The van der Waals surface area contributed by atoms with Gasteiger partial charge in [0.15, 0.2) is 5.78 Å². The fourth-order valence-corrected chi connectivity index (χ4v) is 5.58. The van der Waals surface area contributed by atoms with Crippen LogP contribution in [0, 0.1) is 13.8 Å². The number of rotatable bonds is 4. The fourth-order valence-electron chi connectivity index (χ4n) is 4.73. The van der Waals surface area contributed by atoms with Crippen molar-refractivity contribution >= 4 is 40.1 Å². The van der Waals surface area contributed by atoms with E-state index in [1.54, 1.807) is 11.3 Å². The van der Waals surface area contributed by atoms with Gasteiger partial charge in [-0.05, 0) is 67.5 Å². The highest BCUT2D eigenvalue weighted by Gasteiger charge is 2.37. The van der Waals surface area contributed by atoms with Crippen LogP contribution in [-0.2, 0) is 9.59 Å². The molecule has 2 aliphatic rings. The van der Waals surface area contributed by atoms with Crippen LogP contribution < -0.4 is 15.5 Å². The largest absolute Gasteiger partial charge is 0.357 e. The van der Waals surface area contributed by atoms with Crippen molar-refractivity contribution in [1.29, 1.82) is 0 Å². The van der Waals surface area contributed by atoms with Crippen LogP contribution in [-0.4, -0.2) is 18.2 Å². The summed E-state index contributed by atoms with van der Waals surface area (Å²) < 4.78 is 0. The van der Waals surface area contributed by atoms with Gasteiger partial charge in [-0.3, -0.25) is 9.59 Å². The van der Waals surface area contributed by atoms with E-state index in [-0.39, 0.29) is 24.3 Å². The number of nitrogens with one attached hydrogen (secondary N) is 2. The van der Waals surface area contributed by atoms with Gasteiger partial charge in [0.25, 0.3) is 0 Å². The molecule has 1 amide bonds. The number of hydrogen-bond donors (Lipinski definition) is 2. The number of ketones is 1. The number of benzene rings is 2. The lowest BCUT2D eigenvalue weighted by Crippen LogP contribution is -2.38. The molecule has 0 spiro atoms. The topological polar surface area (TPSA) is 61.4 Å². The monoisotopic (exact) mass is 457 g/mol. The minimum atomic E-state index is -0.298. The summed E-state index contributed by atoms with van der Waals surface area (Å²) in [4.78, 5) is 29.7. The van der Waals surface area contributed by atoms with Crippen molar-refractivity contribution in [3.05, 3.63) is 87.3 Å². The summed E-state index contributed by atoms with van der Waals surface area (Å²) >= 11 is 1.62. The Kier molecular flexibility index (Phi) is 5.77. The molecule has 0 saturated heterocycles. The Balaban J connectivity index is 1.58. The van der Waals surface area contributed by atoms with Crippen molar-refractivity contribution in [2.24, 2.45) is 0 Å². The Bertz CT molecular complexity index is 1250. The van der Waals surface area contributed by atoms with E-state index in [0.29, 0.717) is 6.42 Å². The second-order valence-corrected chi connectivity index (χ2v) is 9.70. The van der Waals surface area contributed by atoms with E-state index in [4.69, 9.17) is 0 Å². The molecular formula is C27H27N3O2S. The number of Topliss-reactive ketones (excluding diaryl/α,β-unsaturated/α-hetero) is 1. The first-order valence-electron chi connectivity index (χ1n) is 11.3. The number of aryl methyl sites for hydroxylation is 2. The maximum atomic E-state index is 13.4. The predicted octanol–water partition coefficient (Wildman–Crippen LogP) is 5.98. The number of allylic oxidation sites excluding steroid dienone is 1. The van der Waals surface area contributed by atoms with Gasteiger partial charge in [-0.2, -0.15) is 0 Å². The minimum Gasteiger partial charge on any atom is -0.357 e. The molecular weight excluding hydrogens is 430 g/mol. The van der Waals surface area contributed by atoms with E-state index in [1.807, 2.05) is 67.8 Å². The van der Waals surface area contributed by atoms with E-state index in [1.165, 1.54) is 0 Å². The molecule has 0 unspecified atom stereocenters. The maximum absolute atomic E-state index is 13.4. The Morgan fingerprint density at radius 1 is 1.12 bits per heavy atom. The number of fused-ring (bicyclic) bond motifs is 1. The Morgan fingerprint density at radius 2 is 1.97 bits per heavy atom. The lowest BCUT2D eigenvalue weighted by Gasteiger charge is -2.34. The molecule has 168 valence electrons. The average molecular weight is 458 g/mol. The summed E-state index contributed by atoms with van der Waals surface area (Å²) in [7, 11) is 0. The number of hydrogen-bond acceptors (Lipinski definition) is 5. The predicted molar refractivity (Wildman–Crippen MR) is 135 cm³/mol. The van der Waals surface area contributed by atoms with E-state index < -0.39 is 0 Å². The van der Waals surface area contributed by atoms with Crippen LogP contribution >= 0.6 is 11.3 Å². The first kappa shape index (κ1) is 21.5. The highest BCUT2D eigenvalue weighted by molar-refractivity contribution is 7.10. The summed E-state index contributed by atoms with van der Waals surface area (Å²) in [5, 5.41) is 8.67. The van der Waals surface area contributed by atoms with Gasteiger partial charge in [0.2, 0.25) is 5.91 Å². The minimum absolute atomic E-state index is 0.104.